The Morgan fingerprint density at radius 3 is 2.59 bits per heavy atom. The van der Waals surface area contributed by atoms with E-state index in [0.717, 1.165) is 37.5 Å². The molecule has 2 amide bonds. The van der Waals surface area contributed by atoms with Crippen LogP contribution in [-0.2, 0) is 4.79 Å². The van der Waals surface area contributed by atoms with Crippen molar-refractivity contribution in [1.29, 1.82) is 0 Å². The smallest absolute Gasteiger partial charge is 0.256 e. The van der Waals surface area contributed by atoms with Crippen molar-refractivity contribution in [3.8, 4) is 0 Å². The standard InChI is InChI=1S/C21H31N3O2S/c1-27-20-18(8-5-11-22-20)21(26)24-12-9-17(10-13-24)15-23-19(25)14-16-6-3-2-4-7-16/h5,8,11,16-17H,2-4,6-7,9-10,12-15H2,1H3,(H,23,25). The molecule has 6 heteroatoms. The fraction of sp³-hybridized carbons (Fsp3) is 0.667. The van der Waals surface area contributed by atoms with Crippen molar-refractivity contribution in [1.82, 2.24) is 15.2 Å². The van der Waals surface area contributed by atoms with Crippen LogP contribution in [0.3, 0.4) is 0 Å². The number of carbonyl (C=O) groups is 2. The molecule has 3 rings (SSSR count). The quantitative estimate of drug-likeness (QED) is 0.753. The van der Waals surface area contributed by atoms with E-state index in [9.17, 15) is 9.59 Å². The minimum atomic E-state index is 0.0761. The van der Waals surface area contributed by atoms with Gasteiger partial charge in [-0.2, -0.15) is 0 Å². The van der Waals surface area contributed by atoms with Gasteiger partial charge in [0.2, 0.25) is 5.91 Å². The van der Waals surface area contributed by atoms with Crippen LogP contribution >= 0.6 is 11.8 Å². The van der Waals surface area contributed by atoms with E-state index in [1.54, 1.807) is 6.20 Å². The van der Waals surface area contributed by atoms with Crippen molar-refractivity contribution in [3.63, 3.8) is 0 Å². The van der Waals surface area contributed by atoms with Crippen LogP contribution in [0.2, 0.25) is 0 Å². The van der Waals surface area contributed by atoms with Crippen LogP contribution in [0.4, 0.5) is 0 Å². The fourth-order valence-corrected chi connectivity index (χ4v) is 4.75. The third-order valence-corrected chi connectivity index (χ3v) is 6.60. The average molecular weight is 390 g/mol. The first-order valence-corrected chi connectivity index (χ1v) is 11.4. The second-order valence-corrected chi connectivity index (χ2v) is 8.60. The van der Waals surface area contributed by atoms with Gasteiger partial charge in [0.15, 0.2) is 0 Å². The summed E-state index contributed by atoms with van der Waals surface area (Å²) in [6, 6.07) is 3.68. The molecule has 1 aromatic rings. The van der Waals surface area contributed by atoms with Crippen LogP contribution in [0.1, 0.15) is 61.7 Å². The van der Waals surface area contributed by atoms with Gasteiger partial charge in [-0.25, -0.2) is 4.98 Å². The number of piperidine rings is 1. The molecule has 0 unspecified atom stereocenters. The molecular weight excluding hydrogens is 358 g/mol. The predicted molar refractivity (Wildman–Crippen MR) is 109 cm³/mol. The van der Waals surface area contributed by atoms with Crippen molar-refractivity contribution in [2.75, 3.05) is 25.9 Å². The van der Waals surface area contributed by atoms with Crippen molar-refractivity contribution < 1.29 is 9.59 Å². The molecule has 1 N–H and O–H groups in total. The van der Waals surface area contributed by atoms with Crippen LogP contribution in [0.25, 0.3) is 0 Å². The number of pyridine rings is 1. The molecule has 1 aliphatic heterocycles. The lowest BCUT2D eigenvalue weighted by Gasteiger charge is -2.32. The number of likely N-dealkylation sites (tertiary alicyclic amines) is 1. The lowest BCUT2D eigenvalue weighted by atomic mass is 9.87. The molecule has 0 aromatic carbocycles. The monoisotopic (exact) mass is 389 g/mol. The third-order valence-electron chi connectivity index (χ3n) is 5.88. The molecule has 0 atom stereocenters. The minimum Gasteiger partial charge on any atom is -0.356 e. The van der Waals surface area contributed by atoms with E-state index in [0.29, 0.717) is 23.8 Å². The van der Waals surface area contributed by atoms with E-state index in [4.69, 9.17) is 0 Å². The molecule has 2 heterocycles. The number of rotatable bonds is 6. The summed E-state index contributed by atoms with van der Waals surface area (Å²) in [4.78, 5) is 31.2. The summed E-state index contributed by atoms with van der Waals surface area (Å²) in [6.07, 6.45) is 12.6. The molecule has 148 valence electrons. The zero-order valence-electron chi connectivity index (χ0n) is 16.3. The molecule has 1 saturated heterocycles. The van der Waals surface area contributed by atoms with Crippen LogP contribution < -0.4 is 5.32 Å². The summed E-state index contributed by atoms with van der Waals surface area (Å²) in [6.45, 7) is 2.26. The molecule has 1 saturated carbocycles. The van der Waals surface area contributed by atoms with E-state index in [1.807, 2.05) is 23.3 Å². The second-order valence-electron chi connectivity index (χ2n) is 7.81. The first-order valence-electron chi connectivity index (χ1n) is 10.2. The van der Waals surface area contributed by atoms with E-state index in [1.165, 1.54) is 43.9 Å². The molecule has 2 aliphatic rings. The number of amides is 2. The lowest BCUT2D eigenvalue weighted by molar-refractivity contribution is -0.122. The number of nitrogens with zero attached hydrogens (tertiary/aromatic N) is 2. The van der Waals surface area contributed by atoms with Gasteiger partial charge in [-0.1, -0.05) is 19.3 Å². The Morgan fingerprint density at radius 1 is 1.15 bits per heavy atom. The van der Waals surface area contributed by atoms with Gasteiger partial charge in [0.05, 0.1) is 5.56 Å². The second kappa shape index (κ2) is 10.1. The topological polar surface area (TPSA) is 62.3 Å². The molecule has 0 radical (unpaired) electrons. The van der Waals surface area contributed by atoms with E-state index in [-0.39, 0.29) is 11.8 Å². The maximum absolute atomic E-state index is 12.8. The highest BCUT2D eigenvalue weighted by Gasteiger charge is 2.26. The lowest BCUT2D eigenvalue weighted by Crippen LogP contribution is -2.42. The van der Waals surface area contributed by atoms with E-state index >= 15 is 0 Å². The summed E-state index contributed by atoms with van der Waals surface area (Å²) < 4.78 is 0. The number of carbonyl (C=O) groups excluding carboxylic acids is 2. The minimum absolute atomic E-state index is 0.0761. The highest BCUT2D eigenvalue weighted by atomic mass is 32.2. The zero-order chi connectivity index (χ0) is 19.1. The Bertz CT molecular complexity index is 638. The van der Waals surface area contributed by atoms with E-state index in [2.05, 4.69) is 10.3 Å². The maximum atomic E-state index is 12.8. The summed E-state index contributed by atoms with van der Waals surface area (Å²) >= 11 is 1.51. The van der Waals surface area contributed by atoms with Crippen molar-refractivity contribution >= 4 is 23.6 Å². The Kier molecular flexibility index (Phi) is 7.56. The predicted octanol–water partition coefficient (Wildman–Crippen LogP) is 3.74. The average Bonchev–Trinajstić information content (AvgIpc) is 2.73. The summed E-state index contributed by atoms with van der Waals surface area (Å²) in [5.41, 5.74) is 0.698. The largest absolute Gasteiger partial charge is 0.356 e. The van der Waals surface area contributed by atoms with Gasteiger partial charge in [0, 0.05) is 32.3 Å². The third kappa shape index (κ3) is 5.71. The van der Waals surface area contributed by atoms with Gasteiger partial charge in [-0.15, -0.1) is 11.8 Å². The molecule has 2 fully saturated rings. The summed E-state index contributed by atoms with van der Waals surface area (Å²) in [5, 5.41) is 3.93. The van der Waals surface area contributed by atoms with Crippen molar-refractivity contribution in [2.45, 2.75) is 56.4 Å². The Morgan fingerprint density at radius 2 is 1.89 bits per heavy atom. The molecule has 27 heavy (non-hydrogen) atoms. The van der Waals surface area contributed by atoms with Gasteiger partial charge >= 0.3 is 0 Å². The maximum Gasteiger partial charge on any atom is 0.256 e. The molecule has 5 nitrogen and oxygen atoms in total. The highest BCUT2D eigenvalue weighted by molar-refractivity contribution is 7.98. The Labute approximate surface area is 166 Å². The van der Waals surface area contributed by atoms with Crippen molar-refractivity contribution in [2.24, 2.45) is 11.8 Å². The fourth-order valence-electron chi connectivity index (χ4n) is 4.21. The van der Waals surface area contributed by atoms with Gasteiger partial charge in [-0.05, 0) is 55.9 Å². The first kappa shape index (κ1) is 20.2. The number of aromatic nitrogens is 1. The normalized spacial score (nSPS) is 19.1. The van der Waals surface area contributed by atoms with E-state index < -0.39 is 0 Å². The SMILES string of the molecule is CSc1ncccc1C(=O)N1CCC(CNC(=O)CC2CCCCC2)CC1. The molecule has 0 bridgehead atoms. The first-order chi connectivity index (χ1) is 13.2. The summed E-state index contributed by atoms with van der Waals surface area (Å²) in [5.74, 6) is 1.34. The van der Waals surface area contributed by atoms with Gasteiger partial charge in [-0.3, -0.25) is 9.59 Å². The van der Waals surface area contributed by atoms with Crippen molar-refractivity contribution in [3.05, 3.63) is 23.9 Å². The highest BCUT2D eigenvalue weighted by Crippen LogP contribution is 2.26. The van der Waals surface area contributed by atoms with Gasteiger partial charge in [0.1, 0.15) is 5.03 Å². The van der Waals surface area contributed by atoms with Crippen LogP contribution in [0, 0.1) is 11.8 Å². The number of nitrogens with one attached hydrogen (secondary N) is 1. The number of thioether (sulfide) groups is 1. The summed E-state index contributed by atoms with van der Waals surface area (Å²) in [7, 11) is 0. The molecule has 1 aliphatic carbocycles. The Hall–Kier alpha value is -1.56. The van der Waals surface area contributed by atoms with Crippen LogP contribution in [-0.4, -0.2) is 47.6 Å². The van der Waals surface area contributed by atoms with Gasteiger partial charge in [0.25, 0.3) is 5.91 Å². The molecule has 1 aromatic heterocycles. The number of hydrogen-bond donors (Lipinski definition) is 1. The van der Waals surface area contributed by atoms with Gasteiger partial charge < -0.3 is 10.2 Å². The number of hydrogen-bond acceptors (Lipinski definition) is 4. The zero-order valence-corrected chi connectivity index (χ0v) is 17.1. The van der Waals surface area contributed by atoms with Crippen LogP contribution in [0.5, 0.6) is 0 Å². The Balaban J connectivity index is 1.41. The van der Waals surface area contributed by atoms with Crippen LogP contribution in [0.15, 0.2) is 23.4 Å². The molecular formula is C21H31N3O2S. The molecule has 0 spiro atoms.